The molecule has 2 aromatic carbocycles. The van der Waals surface area contributed by atoms with E-state index in [1.165, 1.54) is 0 Å². The number of carboxylic acids is 1. The summed E-state index contributed by atoms with van der Waals surface area (Å²) in [5.74, 6) is -1.37. The van der Waals surface area contributed by atoms with Crippen LogP contribution in [0.3, 0.4) is 0 Å². The minimum Gasteiger partial charge on any atom is -0.478 e. The summed E-state index contributed by atoms with van der Waals surface area (Å²) in [5.41, 5.74) is 2.52. The molecule has 0 radical (unpaired) electrons. The lowest BCUT2D eigenvalue weighted by Crippen LogP contribution is -2.20. The Morgan fingerprint density at radius 3 is 1.78 bits per heavy atom. The van der Waals surface area contributed by atoms with Gasteiger partial charge in [0.05, 0.1) is 11.1 Å². The standard InChI is InChI=1S/C18H16I4N2O3/c1-23(2)8-5-6-9(10(7-8)24(3)4)17(25)11-12(18(26)27)14(20)16(22)15(21)13(11)19/h5-7H,1-4H3,(H,26,27). The molecule has 0 aliphatic carbocycles. The van der Waals surface area contributed by atoms with E-state index in [2.05, 4.69) is 67.8 Å². The first-order valence-corrected chi connectivity index (χ1v) is 11.9. The van der Waals surface area contributed by atoms with Crippen LogP contribution in [0.2, 0.25) is 0 Å². The highest BCUT2D eigenvalue weighted by molar-refractivity contribution is 14.1. The summed E-state index contributed by atoms with van der Waals surface area (Å²) in [6, 6.07) is 5.58. The van der Waals surface area contributed by atoms with Gasteiger partial charge in [0.25, 0.3) is 0 Å². The molecular weight excluding hydrogens is 800 g/mol. The molecule has 0 aliphatic heterocycles. The summed E-state index contributed by atoms with van der Waals surface area (Å²) in [4.78, 5) is 29.3. The number of ketones is 1. The molecule has 0 atom stereocenters. The first-order chi connectivity index (χ1) is 12.5. The quantitative estimate of drug-likeness (QED) is 0.196. The van der Waals surface area contributed by atoms with E-state index in [1.807, 2.05) is 72.7 Å². The van der Waals surface area contributed by atoms with E-state index in [4.69, 9.17) is 0 Å². The average Bonchev–Trinajstić information content (AvgIpc) is 2.61. The zero-order chi connectivity index (χ0) is 20.6. The second-order valence-corrected chi connectivity index (χ2v) is 10.4. The lowest BCUT2D eigenvalue weighted by Gasteiger charge is -2.22. The van der Waals surface area contributed by atoms with Crippen molar-refractivity contribution >= 4 is 113 Å². The molecule has 144 valence electrons. The number of hydrogen-bond donors (Lipinski definition) is 1. The SMILES string of the molecule is CN(C)c1ccc(C(=O)c2c(I)c(I)c(I)c(I)c2C(=O)O)c(N(C)C)c1. The lowest BCUT2D eigenvalue weighted by atomic mass is 9.96. The summed E-state index contributed by atoms with van der Waals surface area (Å²) in [7, 11) is 7.61. The number of halogens is 4. The summed E-state index contributed by atoms with van der Waals surface area (Å²) in [5, 5.41) is 9.79. The van der Waals surface area contributed by atoms with Crippen LogP contribution < -0.4 is 9.80 Å². The van der Waals surface area contributed by atoms with Crippen LogP contribution in [0.15, 0.2) is 18.2 Å². The first kappa shape index (κ1) is 23.4. The number of benzene rings is 2. The predicted octanol–water partition coefficient (Wildman–Crippen LogP) is 5.17. The molecule has 0 heterocycles. The molecule has 0 bridgehead atoms. The van der Waals surface area contributed by atoms with Crippen molar-refractivity contribution in [1.82, 2.24) is 0 Å². The van der Waals surface area contributed by atoms with Crippen LogP contribution in [-0.2, 0) is 0 Å². The van der Waals surface area contributed by atoms with Gasteiger partial charge in [-0.15, -0.1) is 0 Å². The Balaban J connectivity index is 2.82. The van der Waals surface area contributed by atoms with Crippen LogP contribution >= 0.6 is 90.4 Å². The summed E-state index contributed by atoms with van der Waals surface area (Å²) >= 11 is 8.38. The molecule has 0 aromatic heterocycles. The van der Waals surface area contributed by atoms with Crippen molar-refractivity contribution in [2.45, 2.75) is 0 Å². The number of nitrogens with zero attached hydrogens (tertiary/aromatic N) is 2. The molecule has 2 rings (SSSR count). The van der Waals surface area contributed by atoms with E-state index < -0.39 is 5.97 Å². The third-order valence-electron chi connectivity index (χ3n) is 3.93. The van der Waals surface area contributed by atoms with Crippen molar-refractivity contribution in [3.05, 3.63) is 49.2 Å². The molecule has 0 saturated carbocycles. The predicted molar refractivity (Wildman–Crippen MR) is 143 cm³/mol. The smallest absolute Gasteiger partial charge is 0.337 e. The molecule has 0 fully saturated rings. The van der Waals surface area contributed by atoms with Gasteiger partial charge in [-0.2, -0.15) is 0 Å². The Labute approximate surface area is 212 Å². The van der Waals surface area contributed by atoms with E-state index in [-0.39, 0.29) is 16.9 Å². The van der Waals surface area contributed by atoms with E-state index in [0.29, 0.717) is 12.7 Å². The van der Waals surface area contributed by atoms with Gasteiger partial charge in [-0.05, 0) is 109 Å². The van der Waals surface area contributed by atoms with Crippen LogP contribution in [-0.4, -0.2) is 45.0 Å². The Bertz CT molecular complexity index is 943. The molecule has 0 spiro atoms. The maximum Gasteiger partial charge on any atom is 0.337 e. The molecule has 5 nitrogen and oxygen atoms in total. The molecule has 0 aliphatic rings. The largest absolute Gasteiger partial charge is 0.478 e. The van der Waals surface area contributed by atoms with E-state index in [9.17, 15) is 14.7 Å². The molecule has 0 saturated heterocycles. The molecule has 0 amide bonds. The van der Waals surface area contributed by atoms with Gasteiger partial charge in [0.15, 0.2) is 5.78 Å². The normalized spacial score (nSPS) is 10.7. The van der Waals surface area contributed by atoms with Crippen molar-refractivity contribution in [3.63, 3.8) is 0 Å². The minimum absolute atomic E-state index is 0.0659. The third kappa shape index (κ3) is 4.65. The van der Waals surface area contributed by atoms with Crippen molar-refractivity contribution in [2.75, 3.05) is 38.0 Å². The third-order valence-corrected chi connectivity index (χ3v) is 11.3. The Morgan fingerprint density at radius 2 is 1.33 bits per heavy atom. The number of aromatic carboxylic acids is 1. The van der Waals surface area contributed by atoms with Gasteiger partial charge in [0, 0.05) is 59.4 Å². The fourth-order valence-corrected chi connectivity index (χ4v) is 6.21. The molecule has 9 heteroatoms. The average molecular weight is 816 g/mol. The molecule has 1 N–H and O–H groups in total. The van der Waals surface area contributed by atoms with Gasteiger partial charge in [-0.3, -0.25) is 4.79 Å². The fourth-order valence-electron chi connectivity index (χ4n) is 2.54. The van der Waals surface area contributed by atoms with E-state index in [0.717, 1.165) is 18.5 Å². The maximum atomic E-state index is 13.5. The highest BCUT2D eigenvalue weighted by atomic mass is 127. The first-order valence-electron chi connectivity index (χ1n) is 7.61. The van der Waals surface area contributed by atoms with Gasteiger partial charge in [-0.25, -0.2) is 4.79 Å². The molecule has 0 unspecified atom stereocenters. The Morgan fingerprint density at radius 1 is 0.815 bits per heavy atom. The number of carbonyl (C=O) groups is 2. The Hall–Kier alpha value is 0.1000. The summed E-state index contributed by atoms with van der Waals surface area (Å²) < 4.78 is 3.00. The van der Waals surface area contributed by atoms with Gasteiger partial charge >= 0.3 is 5.97 Å². The molecular formula is C18H16I4N2O3. The van der Waals surface area contributed by atoms with Gasteiger partial charge in [0.1, 0.15) is 0 Å². The zero-order valence-electron chi connectivity index (χ0n) is 14.9. The number of carboxylic acid groups (broad SMARTS) is 1. The van der Waals surface area contributed by atoms with Gasteiger partial charge in [0.2, 0.25) is 0 Å². The van der Waals surface area contributed by atoms with Crippen molar-refractivity contribution in [2.24, 2.45) is 0 Å². The van der Waals surface area contributed by atoms with Crippen LogP contribution in [0.1, 0.15) is 26.3 Å². The number of rotatable bonds is 5. The highest BCUT2D eigenvalue weighted by Gasteiger charge is 2.29. The van der Waals surface area contributed by atoms with Crippen molar-refractivity contribution in [1.29, 1.82) is 0 Å². The lowest BCUT2D eigenvalue weighted by molar-refractivity contribution is 0.0691. The molecule has 2 aromatic rings. The van der Waals surface area contributed by atoms with Crippen LogP contribution in [0.5, 0.6) is 0 Å². The second-order valence-electron chi connectivity index (χ2n) is 6.13. The summed E-state index contributed by atoms with van der Waals surface area (Å²) in [6.07, 6.45) is 0. The highest BCUT2D eigenvalue weighted by Crippen LogP contribution is 2.36. The van der Waals surface area contributed by atoms with Crippen LogP contribution in [0, 0.1) is 14.3 Å². The minimum atomic E-state index is -1.09. The monoisotopic (exact) mass is 816 g/mol. The van der Waals surface area contributed by atoms with E-state index in [1.54, 1.807) is 6.07 Å². The van der Waals surface area contributed by atoms with Crippen LogP contribution in [0.25, 0.3) is 0 Å². The fraction of sp³-hybridized carbons (Fsp3) is 0.222. The molecule has 27 heavy (non-hydrogen) atoms. The number of hydrogen-bond acceptors (Lipinski definition) is 4. The van der Waals surface area contributed by atoms with Crippen molar-refractivity contribution < 1.29 is 14.7 Å². The summed E-state index contributed by atoms with van der Waals surface area (Å²) in [6.45, 7) is 0. The number of carbonyl (C=O) groups excluding carboxylic acids is 1. The van der Waals surface area contributed by atoms with Crippen LogP contribution in [0.4, 0.5) is 11.4 Å². The van der Waals surface area contributed by atoms with E-state index >= 15 is 0 Å². The van der Waals surface area contributed by atoms with Gasteiger partial charge in [-0.1, -0.05) is 0 Å². The second kappa shape index (κ2) is 9.28. The number of anilines is 2. The zero-order valence-corrected chi connectivity index (χ0v) is 23.5. The topological polar surface area (TPSA) is 60.9 Å². The Kier molecular flexibility index (Phi) is 8.03. The maximum absolute atomic E-state index is 13.5. The van der Waals surface area contributed by atoms with Crippen molar-refractivity contribution in [3.8, 4) is 0 Å². The van der Waals surface area contributed by atoms with Gasteiger partial charge < -0.3 is 14.9 Å².